The molecule has 2 amide bonds. The van der Waals surface area contributed by atoms with Gasteiger partial charge in [0, 0.05) is 13.1 Å². The van der Waals surface area contributed by atoms with Gasteiger partial charge in [-0.25, -0.2) is 0 Å². The molecule has 0 aromatic rings. The number of hydrogen-bond donors (Lipinski definition) is 0. The molecule has 4 heteroatoms. The van der Waals surface area contributed by atoms with Crippen molar-refractivity contribution in [3.05, 3.63) is 0 Å². The molecule has 0 N–H and O–H groups in total. The Morgan fingerprint density at radius 1 is 1.11 bits per heavy atom. The van der Waals surface area contributed by atoms with Crippen molar-refractivity contribution >= 4 is 11.8 Å². The molecule has 2 heterocycles. The van der Waals surface area contributed by atoms with Gasteiger partial charge < -0.3 is 9.80 Å². The quantitative estimate of drug-likeness (QED) is 0.756. The Bertz CT molecular complexity index is 352. The molecule has 1 unspecified atom stereocenters. The van der Waals surface area contributed by atoms with Gasteiger partial charge in [0.1, 0.15) is 6.04 Å². The second-order valence-corrected chi connectivity index (χ2v) is 5.94. The van der Waals surface area contributed by atoms with Crippen molar-refractivity contribution in [1.29, 1.82) is 0 Å². The maximum atomic E-state index is 12.3. The molecule has 3 aliphatic rings. The normalized spacial score (nSPS) is 28.6. The van der Waals surface area contributed by atoms with Crippen LogP contribution >= 0.6 is 0 Å². The molecule has 2 aliphatic heterocycles. The van der Waals surface area contributed by atoms with Crippen molar-refractivity contribution in [1.82, 2.24) is 9.80 Å². The van der Waals surface area contributed by atoms with Crippen molar-refractivity contribution in [2.24, 2.45) is 5.92 Å². The summed E-state index contributed by atoms with van der Waals surface area (Å²) in [5.74, 6) is 1.27. The van der Waals surface area contributed by atoms with E-state index >= 15 is 0 Å². The van der Waals surface area contributed by atoms with Crippen molar-refractivity contribution in [3.8, 4) is 0 Å². The number of rotatable bonds is 4. The van der Waals surface area contributed by atoms with Crippen LogP contribution in [0.15, 0.2) is 0 Å². The van der Waals surface area contributed by atoms with Crippen molar-refractivity contribution in [2.45, 2.75) is 51.0 Å². The standard InChI is InChI=1S/C14H22N2O2/c17-13-10-15(8-3-4-11-6-7-11)14(18)12-5-1-2-9-16(12)13/h11-12H,1-10H2. The van der Waals surface area contributed by atoms with Crippen LogP contribution in [-0.2, 0) is 9.59 Å². The number of amides is 2. The third kappa shape index (κ3) is 2.38. The van der Waals surface area contributed by atoms with Gasteiger partial charge >= 0.3 is 0 Å². The highest BCUT2D eigenvalue weighted by molar-refractivity contribution is 5.95. The highest BCUT2D eigenvalue weighted by atomic mass is 16.2. The molecule has 1 saturated carbocycles. The summed E-state index contributed by atoms with van der Waals surface area (Å²) in [5.41, 5.74) is 0. The van der Waals surface area contributed by atoms with Gasteiger partial charge in [0.05, 0.1) is 6.54 Å². The predicted molar refractivity (Wildman–Crippen MR) is 67.9 cm³/mol. The minimum absolute atomic E-state index is 0.138. The summed E-state index contributed by atoms with van der Waals surface area (Å²) in [6.45, 7) is 1.89. The second-order valence-electron chi connectivity index (χ2n) is 5.94. The summed E-state index contributed by atoms with van der Waals surface area (Å²) < 4.78 is 0. The molecule has 3 fully saturated rings. The first-order valence-electron chi connectivity index (χ1n) is 7.34. The zero-order valence-electron chi connectivity index (χ0n) is 10.9. The van der Waals surface area contributed by atoms with Gasteiger partial charge in [0.2, 0.25) is 11.8 Å². The first-order valence-corrected chi connectivity index (χ1v) is 7.34. The Morgan fingerprint density at radius 2 is 1.94 bits per heavy atom. The topological polar surface area (TPSA) is 40.6 Å². The predicted octanol–water partition coefficient (Wildman–Crippen LogP) is 1.40. The van der Waals surface area contributed by atoms with E-state index in [1.165, 1.54) is 19.3 Å². The van der Waals surface area contributed by atoms with E-state index in [-0.39, 0.29) is 17.9 Å². The Balaban J connectivity index is 1.57. The van der Waals surface area contributed by atoms with E-state index in [9.17, 15) is 9.59 Å². The van der Waals surface area contributed by atoms with Gasteiger partial charge in [-0.2, -0.15) is 0 Å². The molecule has 1 aliphatic carbocycles. The smallest absolute Gasteiger partial charge is 0.245 e. The average Bonchev–Trinajstić information content (AvgIpc) is 3.19. The van der Waals surface area contributed by atoms with Gasteiger partial charge in [0.15, 0.2) is 0 Å². The molecule has 4 nitrogen and oxygen atoms in total. The van der Waals surface area contributed by atoms with E-state index in [0.29, 0.717) is 6.54 Å². The number of piperidine rings is 1. The molecule has 0 aromatic carbocycles. The number of piperazine rings is 1. The van der Waals surface area contributed by atoms with Gasteiger partial charge in [-0.05, 0) is 38.0 Å². The third-order valence-electron chi connectivity index (χ3n) is 4.48. The first-order chi connectivity index (χ1) is 8.75. The van der Waals surface area contributed by atoms with Crippen LogP contribution in [0.4, 0.5) is 0 Å². The van der Waals surface area contributed by atoms with E-state index in [2.05, 4.69) is 0 Å². The lowest BCUT2D eigenvalue weighted by atomic mass is 9.98. The largest absolute Gasteiger partial charge is 0.332 e. The molecule has 2 saturated heterocycles. The van der Waals surface area contributed by atoms with E-state index in [0.717, 1.165) is 44.7 Å². The maximum absolute atomic E-state index is 12.3. The second kappa shape index (κ2) is 4.90. The Kier molecular flexibility index (Phi) is 3.27. The van der Waals surface area contributed by atoms with E-state index < -0.39 is 0 Å². The fourth-order valence-electron chi connectivity index (χ4n) is 3.20. The summed E-state index contributed by atoms with van der Waals surface area (Å²) in [7, 11) is 0. The van der Waals surface area contributed by atoms with Crippen LogP contribution in [0.1, 0.15) is 44.9 Å². The van der Waals surface area contributed by atoms with Crippen LogP contribution in [0.5, 0.6) is 0 Å². The fourth-order valence-corrected chi connectivity index (χ4v) is 3.20. The van der Waals surface area contributed by atoms with Gasteiger partial charge in [-0.15, -0.1) is 0 Å². The van der Waals surface area contributed by atoms with Crippen LogP contribution in [0.2, 0.25) is 0 Å². The van der Waals surface area contributed by atoms with Crippen LogP contribution in [0, 0.1) is 5.92 Å². The maximum Gasteiger partial charge on any atom is 0.245 e. The molecule has 1 atom stereocenters. The highest BCUT2D eigenvalue weighted by Gasteiger charge is 2.40. The summed E-state index contributed by atoms with van der Waals surface area (Å²) in [6.07, 6.45) is 8.02. The summed E-state index contributed by atoms with van der Waals surface area (Å²) >= 11 is 0. The number of carbonyl (C=O) groups is 2. The number of carbonyl (C=O) groups excluding carboxylic acids is 2. The van der Waals surface area contributed by atoms with Crippen molar-refractivity contribution in [2.75, 3.05) is 19.6 Å². The number of fused-ring (bicyclic) bond motifs is 1. The lowest BCUT2D eigenvalue weighted by Gasteiger charge is -2.42. The van der Waals surface area contributed by atoms with Gasteiger partial charge in [-0.1, -0.05) is 12.8 Å². The Labute approximate surface area is 108 Å². The minimum atomic E-state index is -0.138. The minimum Gasteiger partial charge on any atom is -0.332 e. The van der Waals surface area contributed by atoms with Gasteiger partial charge in [-0.3, -0.25) is 9.59 Å². The lowest BCUT2D eigenvalue weighted by Crippen LogP contribution is -2.61. The average molecular weight is 250 g/mol. The number of hydrogen-bond acceptors (Lipinski definition) is 2. The van der Waals surface area contributed by atoms with E-state index in [1.54, 1.807) is 4.90 Å². The molecule has 0 bridgehead atoms. The summed E-state index contributed by atoms with van der Waals surface area (Å²) in [5, 5.41) is 0. The highest BCUT2D eigenvalue weighted by Crippen LogP contribution is 2.33. The zero-order chi connectivity index (χ0) is 12.5. The van der Waals surface area contributed by atoms with Gasteiger partial charge in [0.25, 0.3) is 0 Å². The molecule has 100 valence electrons. The van der Waals surface area contributed by atoms with Crippen molar-refractivity contribution < 1.29 is 9.59 Å². The van der Waals surface area contributed by atoms with E-state index in [1.807, 2.05) is 4.90 Å². The molecule has 18 heavy (non-hydrogen) atoms. The SMILES string of the molecule is O=C1C2CCCCN2C(=O)CN1CCCC1CC1. The monoisotopic (exact) mass is 250 g/mol. The summed E-state index contributed by atoms with van der Waals surface area (Å²) in [4.78, 5) is 28.0. The van der Waals surface area contributed by atoms with Crippen LogP contribution in [-0.4, -0.2) is 47.3 Å². The third-order valence-corrected chi connectivity index (χ3v) is 4.48. The lowest BCUT2D eigenvalue weighted by molar-refractivity contribution is -0.157. The van der Waals surface area contributed by atoms with Crippen LogP contribution < -0.4 is 0 Å². The van der Waals surface area contributed by atoms with E-state index in [4.69, 9.17) is 0 Å². The Morgan fingerprint density at radius 3 is 2.72 bits per heavy atom. The van der Waals surface area contributed by atoms with Crippen molar-refractivity contribution in [3.63, 3.8) is 0 Å². The van der Waals surface area contributed by atoms with Crippen LogP contribution in [0.3, 0.4) is 0 Å². The fraction of sp³-hybridized carbons (Fsp3) is 0.857. The molecule has 0 radical (unpaired) electrons. The Hall–Kier alpha value is -1.06. The molecular formula is C14H22N2O2. The molecular weight excluding hydrogens is 228 g/mol. The molecule has 0 aromatic heterocycles. The molecule has 0 spiro atoms. The zero-order valence-corrected chi connectivity index (χ0v) is 10.9. The number of nitrogens with zero attached hydrogens (tertiary/aromatic N) is 2. The summed E-state index contributed by atoms with van der Waals surface area (Å²) in [6, 6.07) is -0.138. The van der Waals surface area contributed by atoms with Crippen LogP contribution in [0.25, 0.3) is 0 Å². The first kappa shape index (κ1) is 12.0. The molecule has 3 rings (SSSR count).